The Morgan fingerprint density at radius 2 is 1.77 bits per heavy atom. The second kappa shape index (κ2) is 14.7. The first kappa shape index (κ1) is 25.8. The summed E-state index contributed by atoms with van der Waals surface area (Å²) in [5, 5.41) is 0. The normalized spacial score (nSPS) is 12.5. The van der Waals surface area contributed by atoms with E-state index < -0.39 is 11.6 Å². The zero-order valence-electron chi connectivity index (χ0n) is 18.1. The SMILES string of the molecule is C#CC(C)(CCCCCCC)OC(=O)c1ccc(OCCCOC(=O)CCCl)cc1. The van der Waals surface area contributed by atoms with E-state index in [0.717, 1.165) is 12.8 Å². The zero-order chi connectivity index (χ0) is 22.2. The first-order valence-corrected chi connectivity index (χ1v) is 11.1. The molecule has 0 spiro atoms. The van der Waals surface area contributed by atoms with Crippen LogP contribution in [-0.2, 0) is 14.3 Å². The van der Waals surface area contributed by atoms with Gasteiger partial charge in [-0.3, -0.25) is 4.79 Å². The van der Waals surface area contributed by atoms with Gasteiger partial charge in [0.2, 0.25) is 0 Å². The van der Waals surface area contributed by atoms with Crippen LogP contribution < -0.4 is 4.74 Å². The van der Waals surface area contributed by atoms with Crippen molar-refractivity contribution in [3.8, 4) is 18.1 Å². The molecule has 0 aliphatic rings. The van der Waals surface area contributed by atoms with Crippen molar-refractivity contribution in [1.29, 1.82) is 0 Å². The van der Waals surface area contributed by atoms with Crippen molar-refractivity contribution in [2.24, 2.45) is 0 Å². The predicted molar refractivity (Wildman–Crippen MR) is 119 cm³/mol. The lowest BCUT2D eigenvalue weighted by atomic mass is 9.98. The van der Waals surface area contributed by atoms with Crippen LogP contribution in [-0.4, -0.2) is 36.6 Å². The third-order valence-electron chi connectivity index (χ3n) is 4.59. The largest absolute Gasteiger partial charge is 0.493 e. The van der Waals surface area contributed by atoms with Crippen molar-refractivity contribution in [2.75, 3.05) is 19.1 Å². The minimum absolute atomic E-state index is 0.206. The van der Waals surface area contributed by atoms with Gasteiger partial charge in [-0.25, -0.2) is 4.79 Å². The van der Waals surface area contributed by atoms with Crippen molar-refractivity contribution < 1.29 is 23.8 Å². The molecule has 5 nitrogen and oxygen atoms in total. The molecule has 0 aromatic heterocycles. The zero-order valence-corrected chi connectivity index (χ0v) is 18.8. The highest BCUT2D eigenvalue weighted by atomic mass is 35.5. The average molecular weight is 437 g/mol. The van der Waals surface area contributed by atoms with E-state index in [1.54, 1.807) is 31.2 Å². The molecule has 0 radical (unpaired) electrons. The molecule has 0 amide bonds. The number of esters is 2. The molecule has 166 valence electrons. The van der Waals surface area contributed by atoms with Crippen LogP contribution in [0.25, 0.3) is 0 Å². The predicted octanol–water partition coefficient (Wildman–Crippen LogP) is 5.54. The van der Waals surface area contributed by atoms with Gasteiger partial charge in [0.15, 0.2) is 5.60 Å². The maximum atomic E-state index is 12.5. The topological polar surface area (TPSA) is 61.8 Å². The van der Waals surface area contributed by atoms with Crippen molar-refractivity contribution >= 4 is 23.5 Å². The highest BCUT2D eigenvalue weighted by Gasteiger charge is 2.26. The molecule has 1 atom stereocenters. The Balaban J connectivity index is 2.41. The van der Waals surface area contributed by atoms with E-state index in [9.17, 15) is 9.59 Å². The van der Waals surface area contributed by atoms with Crippen molar-refractivity contribution in [3.05, 3.63) is 29.8 Å². The number of unbranched alkanes of at least 4 members (excludes halogenated alkanes) is 4. The average Bonchev–Trinajstić information content (AvgIpc) is 2.74. The number of halogens is 1. The molecular formula is C24H33ClO5. The van der Waals surface area contributed by atoms with Gasteiger partial charge >= 0.3 is 11.9 Å². The lowest BCUT2D eigenvalue weighted by Gasteiger charge is -2.24. The number of ether oxygens (including phenoxy) is 3. The minimum atomic E-state index is -0.903. The van der Waals surface area contributed by atoms with Gasteiger partial charge in [0.05, 0.1) is 25.2 Å². The fraction of sp³-hybridized carbons (Fsp3) is 0.583. The number of benzene rings is 1. The van der Waals surface area contributed by atoms with Crippen LogP contribution in [0.2, 0.25) is 0 Å². The molecule has 1 aromatic carbocycles. The standard InChI is InChI=1S/C24H33ClO5/c1-4-6-7-8-9-16-24(3,5-2)30-23(27)20-11-13-21(14-12-20)28-18-10-19-29-22(26)15-17-25/h2,11-14H,4,6-10,15-19H2,1,3H3. The minimum Gasteiger partial charge on any atom is -0.493 e. The van der Waals surface area contributed by atoms with E-state index in [4.69, 9.17) is 32.2 Å². The fourth-order valence-electron chi connectivity index (χ4n) is 2.75. The molecule has 0 heterocycles. The summed E-state index contributed by atoms with van der Waals surface area (Å²) in [6.45, 7) is 4.63. The van der Waals surface area contributed by atoms with Crippen LogP contribution in [0.15, 0.2) is 24.3 Å². The van der Waals surface area contributed by atoms with Crippen molar-refractivity contribution in [2.45, 2.75) is 70.8 Å². The van der Waals surface area contributed by atoms with Gasteiger partial charge in [0.25, 0.3) is 0 Å². The number of rotatable bonds is 15. The Kier molecular flexibility index (Phi) is 12.7. The molecule has 1 rings (SSSR count). The third kappa shape index (κ3) is 10.5. The molecule has 0 N–H and O–H groups in total. The van der Waals surface area contributed by atoms with E-state index in [-0.39, 0.29) is 24.9 Å². The van der Waals surface area contributed by atoms with Gasteiger partial charge in [0.1, 0.15) is 5.75 Å². The summed E-state index contributed by atoms with van der Waals surface area (Å²) in [6, 6.07) is 6.70. The second-order valence-electron chi connectivity index (χ2n) is 7.31. The van der Waals surface area contributed by atoms with Crippen LogP contribution in [0, 0.1) is 12.3 Å². The molecule has 0 aliphatic carbocycles. The summed E-state index contributed by atoms with van der Waals surface area (Å²) in [5.74, 6) is 2.74. The lowest BCUT2D eigenvalue weighted by Crippen LogP contribution is -2.30. The molecule has 30 heavy (non-hydrogen) atoms. The van der Waals surface area contributed by atoms with Gasteiger partial charge < -0.3 is 14.2 Å². The monoisotopic (exact) mass is 436 g/mol. The van der Waals surface area contributed by atoms with E-state index in [2.05, 4.69) is 12.8 Å². The van der Waals surface area contributed by atoms with Gasteiger partial charge in [-0.15, -0.1) is 18.0 Å². The molecular weight excluding hydrogens is 404 g/mol. The first-order chi connectivity index (χ1) is 14.4. The van der Waals surface area contributed by atoms with Gasteiger partial charge in [-0.05, 0) is 44.0 Å². The number of hydrogen-bond acceptors (Lipinski definition) is 5. The maximum absolute atomic E-state index is 12.5. The molecule has 0 bridgehead atoms. The second-order valence-corrected chi connectivity index (χ2v) is 7.69. The molecule has 0 saturated heterocycles. The summed E-state index contributed by atoms with van der Waals surface area (Å²) >= 11 is 5.47. The molecule has 0 aliphatic heterocycles. The van der Waals surface area contributed by atoms with Crippen LogP contribution in [0.3, 0.4) is 0 Å². The highest BCUT2D eigenvalue weighted by Crippen LogP contribution is 2.22. The number of carbonyl (C=O) groups is 2. The Bertz CT molecular complexity index is 680. The molecule has 0 saturated carbocycles. The van der Waals surface area contributed by atoms with Gasteiger partial charge in [0, 0.05) is 12.3 Å². The summed E-state index contributed by atoms with van der Waals surface area (Å²) in [4.78, 5) is 23.7. The number of alkyl halides is 1. The van der Waals surface area contributed by atoms with E-state index in [1.165, 1.54) is 19.3 Å². The van der Waals surface area contributed by atoms with E-state index >= 15 is 0 Å². The van der Waals surface area contributed by atoms with Crippen LogP contribution >= 0.6 is 11.6 Å². The smallest absolute Gasteiger partial charge is 0.339 e. The molecule has 0 fully saturated rings. The Labute approximate surface area is 185 Å². The van der Waals surface area contributed by atoms with Crippen LogP contribution in [0.1, 0.15) is 75.6 Å². The van der Waals surface area contributed by atoms with Crippen molar-refractivity contribution in [3.63, 3.8) is 0 Å². The Hall–Kier alpha value is -2.19. The highest BCUT2D eigenvalue weighted by molar-refractivity contribution is 6.18. The number of carbonyl (C=O) groups excluding carboxylic acids is 2. The molecule has 6 heteroatoms. The van der Waals surface area contributed by atoms with Crippen molar-refractivity contribution in [1.82, 2.24) is 0 Å². The van der Waals surface area contributed by atoms with Crippen LogP contribution in [0.5, 0.6) is 5.75 Å². The van der Waals surface area contributed by atoms with Crippen LogP contribution in [0.4, 0.5) is 0 Å². The Morgan fingerprint density at radius 1 is 1.07 bits per heavy atom. The summed E-state index contributed by atoms with van der Waals surface area (Å²) in [5.41, 5.74) is -0.482. The number of hydrogen-bond donors (Lipinski definition) is 0. The summed E-state index contributed by atoms with van der Waals surface area (Å²) in [7, 11) is 0. The summed E-state index contributed by atoms with van der Waals surface area (Å²) in [6.07, 6.45) is 12.6. The van der Waals surface area contributed by atoms with Gasteiger partial charge in [-0.2, -0.15) is 0 Å². The third-order valence-corrected chi connectivity index (χ3v) is 4.78. The molecule has 1 aromatic rings. The molecule has 1 unspecified atom stereocenters. The Morgan fingerprint density at radius 3 is 2.40 bits per heavy atom. The van der Waals surface area contributed by atoms with E-state index in [1.807, 2.05) is 0 Å². The fourth-order valence-corrected chi connectivity index (χ4v) is 2.91. The lowest BCUT2D eigenvalue weighted by molar-refractivity contribution is -0.143. The number of terminal acetylenes is 1. The summed E-state index contributed by atoms with van der Waals surface area (Å²) < 4.78 is 16.2. The van der Waals surface area contributed by atoms with E-state index in [0.29, 0.717) is 30.8 Å². The van der Waals surface area contributed by atoms with Gasteiger partial charge in [-0.1, -0.05) is 38.5 Å². The quantitative estimate of drug-likeness (QED) is 0.156. The maximum Gasteiger partial charge on any atom is 0.339 e. The first-order valence-electron chi connectivity index (χ1n) is 10.6.